The van der Waals surface area contributed by atoms with Crippen molar-refractivity contribution in [3.8, 4) is 22.4 Å². The van der Waals surface area contributed by atoms with Gasteiger partial charge in [-0.15, -0.1) is 5.10 Å². The Morgan fingerprint density at radius 2 is 1.69 bits per heavy atom. The minimum atomic E-state index is -4.58. The topological polar surface area (TPSA) is 100.0 Å². The van der Waals surface area contributed by atoms with Crippen LogP contribution < -0.4 is 11.2 Å². The minimum Gasteiger partial charge on any atom is -0.267 e. The smallest absolute Gasteiger partial charge is 0.267 e. The molecule has 0 radical (unpaired) electrons. The summed E-state index contributed by atoms with van der Waals surface area (Å²) >= 11 is 6.02. The van der Waals surface area contributed by atoms with E-state index >= 15 is 0 Å². The molecule has 5 rings (SSSR count). The summed E-state index contributed by atoms with van der Waals surface area (Å²) in [5, 5.41) is 4.90. The molecular weight excluding hydrogens is 499 g/mol. The number of fused-ring (bicyclic) bond motifs is 1. The predicted molar refractivity (Wildman–Crippen MR) is 125 cm³/mol. The monoisotopic (exact) mass is 513 g/mol. The summed E-state index contributed by atoms with van der Waals surface area (Å²) in [5.41, 5.74) is -0.444. The Morgan fingerprint density at radius 1 is 0.944 bits per heavy atom. The maximum Gasteiger partial charge on any atom is 0.433 e. The van der Waals surface area contributed by atoms with Crippen LogP contribution in [-0.4, -0.2) is 33.9 Å². The number of aromatic nitrogens is 7. The van der Waals surface area contributed by atoms with Gasteiger partial charge in [-0.25, -0.2) is 14.2 Å². The van der Waals surface area contributed by atoms with Crippen LogP contribution in [0.1, 0.15) is 11.3 Å². The van der Waals surface area contributed by atoms with Crippen molar-refractivity contribution in [2.75, 3.05) is 0 Å². The molecule has 0 atom stereocenters. The first-order valence-electron chi connectivity index (χ1n) is 10.4. The van der Waals surface area contributed by atoms with Gasteiger partial charge in [0.15, 0.2) is 5.65 Å². The van der Waals surface area contributed by atoms with E-state index in [1.54, 1.807) is 24.3 Å². The van der Waals surface area contributed by atoms with Gasteiger partial charge in [-0.3, -0.25) is 19.7 Å². The second-order valence-corrected chi connectivity index (χ2v) is 8.24. The van der Waals surface area contributed by atoms with Crippen molar-refractivity contribution >= 4 is 17.2 Å². The summed E-state index contributed by atoms with van der Waals surface area (Å²) in [6.45, 7) is -0.171. The number of halogens is 4. The molecule has 4 heterocycles. The number of aryl methyl sites for hydroxylation is 1. The van der Waals surface area contributed by atoms with Gasteiger partial charge < -0.3 is 0 Å². The van der Waals surface area contributed by atoms with Crippen LogP contribution in [0.5, 0.6) is 0 Å². The van der Waals surface area contributed by atoms with Gasteiger partial charge in [0.1, 0.15) is 5.69 Å². The fourth-order valence-corrected chi connectivity index (χ4v) is 3.94. The molecule has 0 aliphatic carbocycles. The Bertz CT molecular complexity index is 1690. The fraction of sp³-hybridized carbons (Fsp3) is 0.130. The summed E-state index contributed by atoms with van der Waals surface area (Å²) in [5.74, 6) is 0. The zero-order valence-corrected chi connectivity index (χ0v) is 19.2. The lowest BCUT2D eigenvalue weighted by molar-refractivity contribution is -0.141. The lowest BCUT2D eigenvalue weighted by Gasteiger charge is -2.12. The van der Waals surface area contributed by atoms with Crippen LogP contribution in [0.25, 0.3) is 28.0 Å². The molecule has 0 saturated heterocycles. The van der Waals surface area contributed by atoms with Crippen molar-refractivity contribution in [3.05, 3.63) is 98.3 Å². The zero-order valence-electron chi connectivity index (χ0n) is 18.4. The van der Waals surface area contributed by atoms with E-state index in [2.05, 4.69) is 20.1 Å². The molecule has 0 aliphatic heterocycles. The Balaban J connectivity index is 1.74. The molecule has 13 heteroatoms. The van der Waals surface area contributed by atoms with E-state index in [-0.39, 0.29) is 23.3 Å². The Hall–Kier alpha value is -4.32. The largest absolute Gasteiger partial charge is 0.433 e. The van der Waals surface area contributed by atoms with Crippen molar-refractivity contribution in [3.63, 3.8) is 0 Å². The van der Waals surface area contributed by atoms with Crippen molar-refractivity contribution in [2.45, 2.75) is 12.7 Å². The van der Waals surface area contributed by atoms with Gasteiger partial charge >= 0.3 is 11.9 Å². The molecule has 36 heavy (non-hydrogen) atoms. The van der Waals surface area contributed by atoms with E-state index in [1.165, 1.54) is 31.7 Å². The second-order valence-electron chi connectivity index (χ2n) is 7.80. The van der Waals surface area contributed by atoms with Gasteiger partial charge in [-0.05, 0) is 29.3 Å². The van der Waals surface area contributed by atoms with Crippen LogP contribution in [0, 0.1) is 0 Å². The van der Waals surface area contributed by atoms with Gasteiger partial charge in [0.25, 0.3) is 5.56 Å². The molecule has 0 amide bonds. The van der Waals surface area contributed by atoms with Gasteiger partial charge in [-0.2, -0.15) is 17.7 Å². The van der Waals surface area contributed by atoms with E-state index in [1.807, 2.05) is 0 Å². The molecule has 0 bridgehead atoms. The van der Waals surface area contributed by atoms with Crippen LogP contribution in [0.15, 0.2) is 70.8 Å². The highest BCUT2D eigenvalue weighted by molar-refractivity contribution is 6.30. The third-order valence-electron chi connectivity index (χ3n) is 5.50. The molecule has 182 valence electrons. The molecule has 9 nitrogen and oxygen atoms in total. The average molecular weight is 514 g/mol. The highest BCUT2D eigenvalue weighted by Crippen LogP contribution is 2.31. The van der Waals surface area contributed by atoms with Crippen LogP contribution in [0.2, 0.25) is 5.02 Å². The van der Waals surface area contributed by atoms with Crippen LogP contribution in [-0.2, 0) is 19.8 Å². The number of rotatable bonds is 4. The molecule has 4 aromatic heterocycles. The number of nitrogens with zero attached hydrogens (tertiary/aromatic N) is 7. The van der Waals surface area contributed by atoms with Crippen molar-refractivity contribution in [2.24, 2.45) is 7.05 Å². The SMILES string of the molecule is Cn1c(=O)c(-c2ccc(Cl)cc2)c(-c2cnccn2)c2nn(Cc3ccc(C(F)(F)F)nc3)c(=O)n21. The standard InChI is InChI=1S/C23H15ClF3N7O2/c1-32-21(35)18(14-3-5-15(24)6-4-14)19(16-11-28-8-9-29-16)20-31-33(22(36)34(20)32)12-13-2-7-17(30-10-13)23(25,26)27/h2-11H,12H2,1H3. The summed E-state index contributed by atoms with van der Waals surface area (Å²) in [6, 6.07) is 8.63. The average Bonchev–Trinajstić information content (AvgIpc) is 3.18. The molecule has 0 saturated carbocycles. The minimum absolute atomic E-state index is 0.118. The Labute approximate surface area is 205 Å². The lowest BCUT2D eigenvalue weighted by atomic mass is 10.0. The van der Waals surface area contributed by atoms with Gasteiger partial charge in [0.05, 0.1) is 29.6 Å². The maximum absolute atomic E-state index is 13.5. The molecule has 5 aromatic rings. The van der Waals surface area contributed by atoms with Crippen LogP contribution >= 0.6 is 11.6 Å². The fourth-order valence-electron chi connectivity index (χ4n) is 3.81. The normalized spacial score (nSPS) is 11.8. The van der Waals surface area contributed by atoms with E-state index in [4.69, 9.17) is 11.6 Å². The number of hydrogen-bond acceptors (Lipinski definition) is 6. The number of benzene rings is 1. The van der Waals surface area contributed by atoms with Crippen molar-refractivity contribution in [1.82, 2.24) is 33.9 Å². The summed E-state index contributed by atoms with van der Waals surface area (Å²) in [6.07, 6.45) is 0.795. The van der Waals surface area contributed by atoms with Gasteiger partial charge in [0, 0.05) is 30.7 Å². The van der Waals surface area contributed by atoms with E-state index in [0.717, 1.165) is 26.1 Å². The van der Waals surface area contributed by atoms with Crippen molar-refractivity contribution in [1.29, 1.82) is 0 Å². The summed E-state index contributed by atoms with van der Waals surface area (Å²) < 4.78 is 41.8. The molecule has 1 aromatic carbocycles. The third kappa shape index (κ3) is 4.05. The Kier molecular flexibility index (Phi) is 5.67. The Morgan fingerprint density at radius 3 is 2.31 bits per heavy atom. The highest BCUT2D eigenvalue weighted by Gasteiger charge is 2.32. The van der Waals surface area contributed by atoms with Crippen LogP contribution in [0.4, 0.5) is 13.2 Å². The summed E-state index contributed by atoms with van der Waals surface area (Å²) in [4.78, 5) is 38.6. The highest BCUT2D eigenvalue weighted by atomic mass is 35.5. The number of hydrogen-bond donors (Lipinski definition) is 0. The summed E-state index contributed by atoms with van der Waals surface area (Å²) in [7, 11) is 1.42. The first kappa shape index (κ1) is 23.4. The molecule has 0 spiro atoms. The predicted octanol–water partition coefficient (Wildman–Crippen LogP) is 3.43. The first-order chi connectivity index (χ1) is 17.1. The lowest BCUT2D eigenvalue weighted by Crippen LogP contribution is -2.33. The first-order valence-corrected chi connectivity index (χ1v) is 10.8. The molecule has 0 fully saturated rings. The zero-order chi connectivity index (χ0) is 25.6. The third-order valence-corrected chi connectivity index (χ3v) is 5.75. The second kappa shape index (κ2) is 8.72. The molecular formula is C23H15ClF3N7O2. The van der Waals surface area contributed by atoms with Gasteiger partial charge in [0.2, 0.25) is 0 Å². The van der Waals surface area contributed by atoms with E-state index < -0.39 is 23.1 Å². The molecule has 0 unspecified atom stereocenters. The van der Waals surface area contributed by atoms with E-state index in [0.29, 0.717) is 21.8 Å². The van der Waals surface area contributed by atoms with Gasteiger partial charge in [-0.1, -0.05) is 29.8 Å². The van der Waals surface area contributed by atoms with E-state index in [9.17, 15) is 22.8 Å². The quantitative estimate of drug-likeness (QED) is 0.365. The number of alkyl halides is 3. The maximum atomic E-state index is 13.5. The molecule has 0 aliphatic rings. The van der Waals surface area contributed by atoms with Crippen LogP contribution in [0.3, 0.4) is 0 Å². The van der Waals surface area contributed by atoms with Crippen molar-refractivity contribution < 1.29 is 13.2 Å². The number of pyridine rings is 1. The molecule has 0 N–H and O–H groups in total.